The zero-order chi connectivity index (χ0) is 13.8. The first-order valence-corrected chi connectivity index (χ1v) is 6.50. The molecule has 0 radical (unpaired) electrons. The molecular weight excluding hydrogens is 249 g/mol. The fourth-order valence-corrected chi connectivity index (χ4v) is 2.62. The second-order valence-electron chi connectivity index (χ2n) is 4.96. The van der Waals surface area contributed by atoms with Crippen molar-refractivity contribution in [1.29, 1.82) is 0 Å². The van der Waals surface area contributed by atoms with Crippen molar-refractivity contribution in [3.8, 4) is 0 Å². The fraction of sp³-hybridized carbons (Fsp3) is 0.538. The van der Waals surface area contributed by atoms with Gasteiger partial charge in [0.2, 0.25) is 0 Å². The zero-order valence-electron chi connectivity index (χ0n) is 10.7. The summed E-state index contributed by atoms with van der Waals surface area (Å²) < 4.78 is 13.4. The van der Waals surface area contributed by atoms with Crippen molar-refractivity contribution in [2.75, 3.05) is 24.5 Å². The summed E-state index contributed by atoms with van der Waals surface area (Å²) in [6, 6.07) is 3.75. The number of hydrogen-bond acceptors (Lipinski definition) is 4. The molecule has 104 valence electrons. The minimum Gasteiger partial charge on any atom is -0.371 e. The Bertz CT molecular complexity index is 465. The lowest BCUT2D eigenvalue weighted by Crippen LogP contribution is -2.36. The first kappa shape index (κ1) is 13.7. The normalized spacial score (nSPS) is 19.5. The molecule has 1 heterocycles. The predicted octanol–water partition coefficient (Wildman–Crippen LogP) is 2.30. The molecule has 1 unspecified atom stereocenters. The van der Waals surface area contributed by atoms with Gasteiger partial charge >= 0.3 is 0 Å². The van der Waals surface area contributed by atoms with Crippen molar-refractivity contribution in [3.05, 3.63) is 34.1 Å². The highest BCUT2D eigenvalue weighted by Gasteiger charge is 2.21. The van der Waals surface area contributed by atoms with Crippen LogP contribution < -0.4 is 10.6 Å². The van der Waals surface area contributed by atoms with Gasteiger partial charge in [0.05, 0.1) is 11.0 Å². The molecule has 5 nitrogen and oxygen atoms in total. The van der Waals surface area contributed by atoms with Crippen LogP contribution in [0.5, 0.6) is 0 Å². The third-order valence-electron chi connectivity index (χ3n) is 3.54. The summed E-state index contributed by atoms with van der Waals surface area (Å²) in [5.74, 6) is -0.0776. The van der Waals surface area contributed by atoms with E-state index in [4.69, 9.17) is 5.73 Å². The van der Waals surface area contributed by atoms with E-state index in [1.54, 1.807) is 0 Å². The van der Waals surface area contributed by atoms with E-state index < -0.39 is 10.7 Å². The van der Waals surface area contributed by atoms with Gasteiger partial charge < -0.3 is 10.6 Å². The number of piperidine rings is 1. The van der Waals surface area contributed by atoms with E-state index in [0.717, 1.165) is 38.4 Å². The molecule has 1 fully saturated rings. The molecule has 2 rings (SSSR count). The zero-order valence-corrected chi connectivity index (χ0v) is 10.7. The van der Waals surface area contributed by atoms with Gasteiger partial charge in [-0.05, 0) is 37.8 Å². The van der Waals surface area contributed by atoms with Gasteiger partial charge in [-0.3, -0.25) is 10.1 Å². The molecule has 1 aliphatic heterocycles. The summed E-state index contributed by atoms with van der Waals surface area (Å²) in [5.41, 5.74) is 5.96. The lowest BCUT2D eigenvalue weighted by Gasteiger charge is -2.34. The molecule has 1 saturated heterocycles. The number of nitrogens with zero attached hydrogens (tertiary/aromatic N) is 2. The fourth-order valence-electron chi connectivity index (χ4n) is 2.62. The molecule has 1 aromatic rings. The van der Waals surface area contributed by atoms with Crippen molar-refractivity contribution in [2.45, 2.75) is 19.3 Å². The van der Waals surface area contributed by atoms with Crippen LogP contribution in [0.4, 0.5) is 15.8 Å². The first-order valence-electron chi connectivity index (χ1n) is 6.50. The number of non-ortho nitro benzene ring substituents is 1. The minimum atomic E-state index is -0.565. The van der Waals surface area contributed by atoms with Gasteiger partial charge in [0.15, 0.2) is 0 Å². The SMILES string of the molecule is NCCC1CCCN(c2cc(F)cc([N+](=O)[O-])c2)C1. The maximum atomic E-state index is 13.4. The smallest absolute Gasteiger partial charge is 0.274 e. The molecule has 19 heavy (non-hydrogen) atoms. The number of anilines is 1. The Balaban J connectivity index is 2.18. The van der Waals surface area contributed by atoms with Crippen LogP contribution in [0.15, 0.2) is 18.2 Å². The highest BCUT2D eigenvalue weighted by Crippen LogP contribution is 2.28. The molecule has 0 saturated carbocycles. The number of nitro groups is 1. The number of halogens is 1. The molecule has 2 N–H and O–H groups in total. The lowest BCUT2D eigenvalue weighted by atomic mass is 9.94. The highest BCUT2D eigenvalue weighted by atomic mass is 19.1. The van der Waals surface area contributed by atoms with Crippen LogP contribution >= 0.6 is 0 Å². The third-order valence-corrected chi connectivity index (χ3v) is 3.54. The Labute approximate surface area is 111 Å². The second-order valence-corrected chi connectivity index (χ2v) is 4.96. The van der Waals surface area contributed by atoms with Gasteiger partial charge in [-0.25, -0.2) is 4.39 Å². The van der Waals surface area contributed by atoms with Crippen LogP contribution in [-0.4, -0.2) is 24.6 Å². The quantitative estimate of drug-likeness (QED) is 0.671. The molecule has 0 aliphatic carbocycles. The van der Waals surface area contributed by atoms with Crippen LogP contribution in [0.3, 0.4) is 0 Å². The average Bonchev–Trinajstić information content (AvgIpc) is 2.38. The third kappa shape index (κ3) is 3.41. The summed E-state index contributed by atoms with van der Waals surface area (Å²) in [4.78, 5) is 12.2. The van der Waals surface area contributed by atoms with Gasteiger partial charge in [0.25, 0.3) is 5.69 Å². The van der Waals surface area contributed by atoms with Gasteiger partial charge in [-0.1, -0.05) is 0 Å². The van der Waals surface area contributed by atoms with Crippen molar-refractivity contribution < 1.29 is 9.31 Å². The predicted molar refractivity (Wildman–Crippen MR) is 71.7 cm³/mol. The Hall–Kier alpha value is -1.69. The molecule has 1 atom stereocenters. The number of nitro benzene ring substituents is 1. The Morgan fingerprint density at radius 1 is 1.47 bits per heavy atom. The summed E-state index contributed by atoms with van der Waals surface area (Å²) in [6.45, 7) is 2.24. The Morgan fingerprint density at radius 2 is 2.26 bits per heavy atom. The number of nitrogens with two attached hydrogens (primary N) is 1. The molecule has 6 heteroatoms. The lowest BCUT2D eigenvalue weighted by molar-refractivity contribution is -0.385. The maximum absolute atomic E-state index is 13.4. The van der Waals surface area contributed by atoms with Crippen LogP contribution in [-0.2, 0) is 0 Å². The van der Waals surface area contributed by atoms with Crippen LogP contribution in [0.2, 0.25) is 0 Å². The standard InChI is InChI=1S/C13H18FN3O2/c14-11-6-12(8-13(7-11)17(18)19)16-5-1-2-10(9-16)3-4-15/h6-8,10H,1-5,9,15H2. The topological polar surface area (TPSA) is 72.4 Å². The Morgan fingerprint density at radius 3 is 2.95 bits per heavy atom. The molecule has 0 spiro atoms. The summed E-state index contributed by atoms with van der Waals surface area (Å²) >= 11 is 0. The summed E-state index contributed by atoms with van der Waals surface area (Å²) in [7, 11) is 0. The monoisotopic (exact) mass is 267 g/mol. The molecular formula is C13H18FN3O2. The van der Waals surface area contributed by atoms with Crippen molar-refractivity contribution in [1.82, 2.24) is 0 Å². The highest BCUT2D eigenvalue weighted by molar-refractivity contribution is 5.54. The van der Waals surface area contributed by atoms with E-state index >= 15 is 0 Å². The van der Waals surface area contributed by atoms with Gasteiger partial charge in [0.1, 0.15) is 5.82 Å². The summed E-state index contributed by atoms with van der Waals surface area (Å²) in [6.07, 6.45) is 3.06. The van der Waals surface area contributed by atoms with E-state index in [1.807, 2.05) is 4.90 Å². The van der Waals surface area contributed by atoms with Crippen molar-refractivity contribution in [2.24, 2.45) is 11.7 Å². The minimum absolute atomic E-state index is 0.198. The van der Waals surface area contributed by atoms with Crippen molar-refractivity contribution in [3.63, 3.8) is 0 Å². The average molecular weight is 267 g/mol. The van der Waals surface area contributed by atoms with E-state index in [9.17, 15) is 14.5 Å². The number of rotatable bonds is 4. The number of benzene rings is 1. The molecule has 1 aromatic carbocycles. The van der Waals surface area contributed by atoms with Crippen LogP contribution in [0, 0.1) is 21.8 Å². The van der Waals surface area contributed by atoms with Crippen LogP contribution in [0.1, 0.15) is 19.3 Å². The van der Waals surface area contributed by atoms with E-state index in [0.29, 0.717) is 18.2 Å². The van der Waals surface area contributed by atoms with Gasteiger partial charge in [0, 0.05) is 24.8 Å². The molecule has 1 aliphatic rings. The maximum Gasteiger partial charge on any atom is 0.274 e. The van der Waals surface area contributed by atoms with Crippen LogP contribution in [0.25, 0.3) is 0 Å². The molecule has 0 bridgehead atoms. The molecule has 0 amide bonds. The second kappa shape index (κ2) is 5.97. The number of hydrogen-bond donors (Lipinski definition) is 1. The van der Waals surface area contributed by atoms with E-state index in [2.05, 4.69) is 0 Å². The van der Waals surface area contributed by atoms with E-state index in [-0.39, 0.29) is 5.69 Å². The van der Waals surface area contributed by atoms with Crippen molar-refractivity contribution >= 4 is 11.4 Å². The molecule has 0 aromatic heterocycles. The van der Waals surface area contributed by atoms with Gasteiger partial charge in [-0.15, -0.1) is 0 Å². The van der Waals surface area contributed by atoms with E-state index in [1.165, 1.54) is 12.1 Å². The van der Waals surface area contributed by atoms with Gasteiger partial charge in [-0.2, -0.15) is 0 Å². The summed E-state index contributed by atoms with van der Waals surface area (Å²) in [5, 5.41) is 10.8. The largest absolute Gasteiger partial charge is 0.371 e. The Kier molecular flexibility index (Phi) is 4.31. The first-order chi connectivity index (χ1) is 9.10.